The number of nitrogens with one attached hydrogen (secondary N) is 1. The first-order valence-corrected chi connectivity index (χ1v) is 6.53. The standard InChI is InChI=1S/C11H11ClN4O2S/c1-5-9(19-6(2)13-5)10(17)16-11-14-7(12)4-8(15-11)18-3/h4H,1-3H3,(H,14,15,16,17). The van der Waals surface area contributed by atoms with Gasteiger partial charge in [0.1, 0.15) is 10.0 Å². The number of halogens is 1. The van der Waals surface area contributed by atoms with Crippen LogP contribution in [0.4, 0.5) is 5.95 Å². The molecular formula is C11H11ClN4O2S. The van der Waals surface area contributed by atoms with Crippen molar-refractivity contribution in [1.29, 1.82) is 0 Å². The smallest absolute Gasteiger partial charge is 0.270 e. The first kappa shape index (κ1) is 13.7. The summed E-state index contributed by atoms with van der Waals surface area (Å²) < 4.78 is 4.95. The van der Waals surface area contributed by atoms with E-state index in [2.05, 4.69) is 20.3 Å². The number of thiazole rings is 1. The zero-order valence-electron chi connectivity index (χ0n) is 10.5. The van der Waals surface area contributed by atoms with Crippen LogP contribution in [0.1, 0.15) is 20.4 Å². The van der Waals surface area contributed by atoms with E-state index >= 15 is 0 Å². The molecular weight excluding hydrogens is 288 g/mol. The van der Waals surface area contributed by atoms with Crippen LogP contribution in [0.5, 0.6) is 5.88 Å². The summed E-state index contributed by atoms with van der Waals surface area (Å²) in [6.45, 7) is 3.62. The molecule has 8 heteroatoms. The predicted octanol–water partition coefficient (Wildman–Crippen LogP) is 2.46. The second-order valence-electron chi connectivity index (χ2n) is 3.66. The molecule has 0 aliphatic heterocycles. The molecule has 100 valence electrons. The first-order chi connectivity index (χ1) is 8.99. The minimum atomic E-state index is -0.313. The number of rotatable bonds is 3. The third kappa shape index (κ3) is 3.18. The van der Waals surface area contributed by atoms with Crippen molar-refractivity contribution in [2.24, 2.45) is 0 Å². The molecule has 0 aliphatic carbocycles. The minimum Gasteiger partial charge on any atom is -0.481 e. The Morgan fingerprint density at radius 1 is 1.37 bits per heavy atom. The maximum atomic E-state index is 12.1. The Morgan fingerprint density at radius 3 is 2.68 bits per heavy atom. The van der Waals surface area contributed by atoms with Crippen LogP contribution in [-0.2, 0) is 0 Å². The lowest BCUT2D eigenvalue weighted by molar-refractivity contribution is 0.102. The lowest BCUT2D eigenvalue weighted by Gasteiger charge is -2.05. The van der Waals surface area contributed by atoms with Crippen molar-refractivity contribution in [3.8, 4) is 5.88 Å². The topological polar surface area (TPSA) is 77.0 Å². The van der Waals surface area contributed by atoms with Crippen molar-refractivity contribution >= 4 is 34.8 Å². The molecule has 2 rings (SSSR count). The summed E-state index contributed by atoms with van der Waals surface area (Å²) >= 11 is 7.11. The Morgan fingerprint density at radius 2 is 2.11 bits per heavy atom. The maximum absolute atomic E-state index is 12.1. The van der Waals surface area contributed by atoms with Gasteiger partial charge in [0.15, 0.2) is 0 Å². The van der Waals surface area contributed by atoms with Crippen LogP contribution >= 0.6 is 22.9 Å². The molecule has 1 amide bonds. The van der Waals surface area contributed by atoms with Gasteiger partial charge in [0.25, 0.3) is 5.91 Å². The van der Waals surface area contributed by atoms with Gasteiger partial charge in [0.05, 0.1) is 17.8 Å². The van der Waals surface area contributed by atoms with E-state index in [1.54, 1.807) is 6.92 Å². The number of aromatic nitrogens is 3. The first-order valence-electron chi connectivity index (χ1n) is 5.33. The SMILES string of the molecule is COc1cc(Cl)nc(NC(=O)c2sc(C)nc2C)n1. The summed E-state index contributed by atoms with van der Waals surface area (Å²) in [4.78, 5) is 24.7. The quantitative estimate of drug-likeness (QED) is 0.881. The van der Waals surface area contributed by atoms with Gasteiger partial charge in [-0.1, -0.05) is 11.6 Å². The van der Waals surface area contributed by atoms with Gasteiger partial charge in [-0.25, -0.2) is 9.97 Å². The lowest BCUT2D eigenvalue weighted by Crippen LogP contribution is -2.14. The summed E-state index contributed by atoms with van der Waals surface area (Å²) in [6, 6.07) is 1.46. The van der Waals surface area contributed by atoms with Crippen LogP contribution in [0.25, 0.3) is 0 Å². The second-order valence-corrected chi connectivity index (χ2v) is 5.25. The van der Waals surface area contributed by atoms with Crippen molar-refractivity contribution in [3.05, 3.63) is 26.8 Å². The number of carbonyl (C=O) groups excluding carboxylic acids is 1. The highest BCUT2D eigenvalue weighted by Gasteiger charge is 2.15. The summed E-state index contributed by atoms with van der Waals surface area (Å²) in [7, 11) is 1.46. The lowest BCUT2D eigenvalue weighted by atomic mass is 10.4. The molecule has 2 heterocycles. The number of nitrogens with zero attached hydrogens (tertiary/aromatic N) is 3. The number of methoxy groups -OCH3 is 1. The number of anilines is 1. The van der Waals surface area contributed by atoms with E-state index in [0.717, 1.165) is 5.01 Å². The van der Waals surface area contributed by atoms with E-state index in [9.17, 15) is 4.79 Å². The monoisotopic (exact) mass is 298 g/mol. The third-order valence-electron chi connectivity index (χ3n) is 2.22. The van der Waals surface area contributed by atoms with Crippen molar-refractivity contribution in [3.63, 3.8) is 0 Å². The Hall–Kier alpha value is -1.73. The van der Waals surface area contributed by atoms with E-state index in [1.807, 2.05) is 6.92 Å². The molecule has 0 spiro atoms. The molecule has 0 aromatic carbocycles. The summed E-state index contributed by atoms with van der Waals surface area (Å²) in [6.07, 6.45) is 0. The largest absolute Gasteiger partial charge is 0.481 e. The number of aryl methyl sites for hydroxylation is 2. The molecule has 0 radical (unpaired) electrons. The van der Waals surface area contributed by atoms with Gasteiger partial charge in [-0.2, -0.15) is 4.98 Å². The van der Waals surface area contributed by atoms with E-state index < -0.39 is 0 Å². The molecule has 0 saturated carbocycles. The molecule has 0 bridgehead atoms. The van der Waals surface area contributed by atoms with Crippen LogP contribution in [0.15, 0.2) is 6.07 Å². The van der Waals surface area contributed by atoms with Crippen molar-refractivity contribution in [2.45, 2.75) is 13.8 Å². The van der Waals surface area contributed by atoms with Gasteiger partial charge in [-0.3, -0.25) is 10.1 Å². The van der Waals surface area contributed by atoms with Crippen LogP contribution < -0.4 is 10.1 Å². The van der Waals surface area contributed by atoms with E-state index in [4.69, 9.17) is 16.3 Å². The fourth-order valence-electron chi connectivity index (χ4n) is 1.46. The van der Waals surface area contributed by atoms with Gasteiger partial charge in [-0.15, -0.1) is 11.3 Å². The average molecular weight is 299 g/mol. The van der Waals surface area contributed by atoms with Gasteiger partial charge >= 0.3 is 0 Å². The highest BCUT2D eigenvalue weighted by atomic mass is 35.5. The summed E-state index contributed by atoms with van der Waals surface area (Å²) in [5, 5.41) is 3.59. The Labute approximate surface area is 118 Å². The van der Waals surface area contributed by atoms with Gasteiger partial charge in [0.2, 0.25) is 11.8 Å². The zero-order valence-corrected chi connectivity index (χ0v) is 12.1. The number of amides is 1. The molecule has 0 fully saturated rings. The molecule has 0 unspecified atom stereocenters. The van der Waals surface area contributed by atoms with Crippen molar-refractivity contribution in [2.75, 3.05) is 12.4 Å². The van der Waals surface area contributed by atoms with Crippen LogP contribution in [0, 0.1) is 13.8 Å². The Kier molecular flexibility index (Phi) is 3.96. The highest BCUT2D eigenvalue weighted by Crippen LogP contribution is 2.20. The van der Waals surface area contributed by atoms with Gasteiger partial charge in [0, 0.05) is 6.07 Å². The molecule has 0 saturated heterocycles. The fraction of sp³-hybridized carbons (Fsp3) is 0.273. The number of carbonyl (C=O) groups is 1. The van der Waals surface area contributed by atoms with E-state index in [1.165, 1.54) is 24.5 Å². The molecule has 1 N–H and O–H groups in total. The van der Waals surface area contributed by atoms with Gasteiger partial charge < -0.3 is 4.74 Å². The Bertz CT molecular complexity index is 629. The minimum absolute atomic E-state index is 0.0970. The fourth-order valence-corrected chi connectivity index (χ4v) is 2.45. The van der Waals surface area contributed by atoms with Crippen LogP contribution in [-0.4, -0.2) is 28.0 Å². The van der Waals surface area contributed by atoms with Gasteiger partial charge in [-0.05, 0) is 13.8 Å². The third-order valence-corrected chi connectivity index (χ3v) is 3.48. The molecule has 6 nitrogen and oxygen atoms in total. The van der Waals surface area contributed by atoms with Crippen LogP contribution in [0.3, 0.4) is 0 Å². The maximum Gasteiger partial charge on any atom is 0.270 e. The normalized spacial score (nSPS) is 10.3. The molecule has 0 aliphatic rings. The molecule has 2 aromatic rings. The van der Waals surface area contributed by atoms with Crippen molar-refractivity contribution in [1.82, 2.24) is 15.0 Å². The van der Waals surface area contributed by atoms with Crippen molar-refractivity contribution < 1.29 is 9.53 Å². The summed E-state index contributed by atoms with van der Waals surface area (Å²) in [5.41, 5.74) is 0.675. The molecule has 19 heavy (non-hydrogen) atoms. The number of ether oxygens (including phenoxy) is 1. The van der Waals surface area contributed by atoms with E-state index in [0.29, 0.717) is 10.6 Å². The molecule has 2 aromatic heterocycles. The second kappa shape index (κ2) is 5.50. The zero-order chi connectivity index (χ0) is 14.0. The predicted molar refractivity (Wildman–Crippen MR) is 73.1 cm³/mol. The van der Waals surface area contributed by atoms with Crippen LogP contribution in [0.2, 0.25) is 5.15 Å². The highest BCUT2D eigenvalue weighted by molar-refractivity contribution is 7.13. The van der Waals surface area contributed by atoms with E-state index in [-0.39, 0.29) is 22.9 Å². The number of hydrogen-bond acceptors (Lipinski definition) is 6. The average Bonchev–Trinajstić information content (AvgIpc) is 2.67. The Balaban J connectivity index is 2.23. The number of hydrogen-bond donors (Lipinski definition) is 1. The molecule has 0 atom stereocenters. The summed E-state index contributed by atoms with van der Waals surface area (Å²) in [5.74, 6) is 0.0692.